The van der Waals surface area contributed by atoms with Crippen LogP contribution in [0.25, 0.3) is 0 Å². The molecule has 400 valence electrons. The van der Waals surface area contributed by atoms with Gasteiger partial charge >= 0.3 is 18.0 Å². The number of methoxy groups -OCH3 is 2. The molecule has 6 N–H and O–H groups in total. The number of alkyl carbamates (subject to hydrolysis) is 1. The standard InChI is InChI=1S/C16H27N3O2.C15H27N5O.C12H22N4O2.C8H12O3/c1-12-6-7-13(15(20)21-5)9-19(12)14-8-17-18(10-14)11-16(2,3)4;1-11-5-6-12(14(21)18-16)8-20(11)13-7-17-19(9-13)10-15(2,3)4;1-11(2,3)18-10(17)15-12(4,5)8-16-7-9(13)6-14-16;1-6(8(10)11-3)4-5-7(2)9/h8,10,12-13H,6-7,9,11H2,1-5H3;7,9,11-12H,5-6,8,10,16H2,1-4H3,(H,18,21);6-7H,8,13H2,1-5H3,(H,15,17);1,4-5H2,2-3H3. The molecule has 2 amide bonds. The van der Waals surface area contributed by atoms with E-state index in [0.29, 0.717) is 49.3 Å². The van der Waals surface area contributed by atoms with Gasteiger partial charge in [0.1, 0.15) is 11.4 Å². The number of anilines is 3. The quantitative estimate of drug-likeness (QED) is 0.0333. The number of ketones is 1. The van der Waals surface area contributed by atoms with Crippen molar-refractivity contribution in [2.45, 2.75) is 178 Å². The lowest BCUT2D eigenvalue weighted by atomic mass is 9.92. The zero-order chi connectivity index (χ0) is 54.1. The summed E-state index contributed by atoms with van der Waals surface area (Å²) >= 11 is 0. The number of rotatable bonds is 13. The van der Waals surface area contributed by atoms with Crippen LogP contribution in [0.15, 0.2) is 49.3 Å². The van der Waals surface area contributed by atoms with Crippen molar-refractivity contribution >= 4 is 46.8 Å². The number of hydrogen-bond acceptors (Lipinski definition) is 15. The van der Waals surface area contributed by atoms with Gasteiger partial charge in [0.2, 0.25) is 5.91 Å². The van der Waals surface area contributed by atoms with E-state index in [2.05, 4.69) is 115 Å². The van der Waals surface area contributed by atoms with Gasteiger partial charge in [-0.25, -0.2) is 15.4 Å². The van der Waals surface area contributed by atoms with Gasteiger partial charge in [-0.1, -0.05) is 48.1 Å². The second-order valence-electron chi connectivity index (χ2n) is 22.8. The second-order valence-corrected chi connectivity index (χ2v) is 22.8. The van der Waals surface area contributed by atoms with E-state index >= 15 is 0 Å². The molecule has 0 aromatic carbocycles. The van der Waals surface area contributed by atoms with Gasteiger partial charge in [-0.2, -0.15) is 15.3 Å². The third kappa shape index (κ3) is 23.2. The highest BCUT2D eigenvalue weighted by Gasteiger charge is 2.33. The van der Waals surface area contributed by atoms with Crippen LogP contribution in [0.3, 0.4) is 0 Å². The molecule has 5 heterocycles. The highest BCUT2D eigenvalue weighted by atomic mass is 16.6. The Bertz CT molecular complexity index is 2080. The van der Waals surface area contributed by atoms with Crippen molar-refractivity contribution in [1.29, 1.82) is 0 Å². The zero-order valence-electron chi connectivity index (χ0n) is 45.8. The SMILES string of the molecule is C=C(CCC(C)=O)C(=O)OC.CC(C)(Cn1cc(N)cn1)NC(=O)OC(C)(C)C.CC1CCC(C(=O)NN)CN1c1cnn(CC(C)(C)C)c1.COC(=O)C1CCC(C)N(c2cnn(CC(C)(C)C)c2)C1. The number of Topliss-reactive ketones (excluding diaryl/α,β-unsaturated/α-hetero) is 1. The minimum absolute atomic E-state index is 0.0304. The molecular weight excluding hydrogens is 909 g/mol. The Labute approximate surface area is 422 Å². The van der Waals surface area contributed by atoms with E-state index in [1.807, 2.05) is 56.4 Å². The second kappa shape index (κ2) is 27.1. The third-order valence-electron chi connectivity index (χ3n) is 11.3. The van der Waals surface area contributed by atoms with Crippen LogP contribution in [0.4, 0.5) is 21.9 Å². The van der Waals surface area contributed by atoms with E-state index < -0.39 is 23.2 Å². The maximum atomic E-state index is 11.8. The number of carbonyl (C=O) groups is 5. The van der Waals surface area contributed by atoms with Crippen LogP contribution in [0, 0.1) is 22.7 Å². The molecular formula is C51H88N12O8. The van der Waals surface area contributed by atoms with Crippen LogP contribution in [0.2, 0.25) is 0 Å². The lowest BCUT2D eigenvalue weighted by Gasteiger charge is -2.38. The maximum Gasteiger partial charge on any atom is 0.408 e. The fourth-order valence-corrected chi connectivity index (χ4v) is 7.84. The van der Waals surface area contributed by atoms with E-state index in [4.69, 9.17) is 21.1 Å². The van der Waals surface area contributed by atoms with Gasteiger partial charge in [0.05, 0.1) is 73.8 Å². The van der Waals surface area contributed by atoms with Crippen LogP contribution >= 0.6 is 0 Å². The molecule has 71 heavy (non-hydrogen) atoms. The molecule has 3 aromatic rings. The van der Waals surface area contributed by atoms with Crippen LogP contribution in [0.5, 0.6) is 0 Å². The molecule has 2 aliphatic heterocycles. The molecule has 0 aliphatic carbocycles. The summed E-state index contributed by atoms with van der Waals surface area (Å²) in [7, 11) is 2.76. The number of piperidine rings is 2. The van der Waals surface area contributed by atoms with Crippen LogP contribution in [-0.4, -0.2) is 110 Å². The summed E-state index contributed by atoms with van der Waals surface area (Å²) in [4.78, 5) is 60.9. The molecule has 0 bridgehead atoms. The minimum atomic E-state index is -0.504. The number of amides is 2. The van der Waals surface area contributed by atoms with Gasteiger partial charge in [-0.05, 0) is 98.3 Å². The Hall–Kier alpha value is -5.92. The van der Waals surface area contributed by atoms with Crippen LogP contribution in [-0.2, 0) is 53.0 Å². The number of esters is 2. The van der Waals surface area contributed by atoms with Crippen LogP contribution < -0.4 is 32.1 Å². The van der Waals surface area contributed by atoms with Gasteiger partial charge < -0.3 is 39.9 Å². The third-order valence-corrected chi connectivity index (χ3v) is 11.3. The van der Waals surface area contributed by atoms with E-state index in [1.165, 1.54) is 21.1 Å². The van der Waals surface area contributed by atoms with E-state index in [0.717, 1.165) is 56.7 Å². The lowest BCUT2D eigenvalue weighted by molar-refractivity contribution is -0.145. The maximum absolute atomic E-state index is 11.8. The Morgan fingerprint density at radius 3 is 1.56 bits per heavy atom. The zero-order valence-corrected chi connectivity index (χ0v) is 45.8. The summed E-state index contributed by atoms with van der Waals surface area (Å²) in [6.07, 6.45) is 15.3. The van der Waals surface area contributed by atoms with Crippen molar-refractivity contribution in [2.24, 2.45) is 28.5 Å². The topological polar surface area (TPSA) is 249 Å². The molecule has 20 nitrogen and oxygen atoms in total. The monoisotopic (exact) mass is 997 g/mol. The van der Waals surface area contributed by atoms with Crippen molar-refractivity contribution in [3.8, 4) is 0 Å². The Morgan fingerprint density at radius 2 is 1.15 bits per heavy atom. The molecule has 2 saturated heterocycles. The number of carbonyl (C=O) groups excluding carboxylic acids is 5. The van der Waals surface area contributed by atoms with Crippen LogP contribution in [0.1, 0.15) is 135 Å². The molecule has 2 fully saturated rings. The fourth-order valence-electron chi connectivity index (χ4n) is 7.84. The summed E-state index contributed by atoms with van der Waals surface area (Å²) in [6, 6.07) is 0.845. The number of nitrogen functional groups attached to an aromatic ring is 1. The van der Waals surface area contributed by atoms with Crippen molar-refractivity contribution in [2.75, 3.05) is 42.8 Å². The Morgan fingerprint density at radius 1 is 0.690 bits per heavy atom. The molecule has 3 aromatic heterocycles. The molecule has 5 rings (SSSR count). The number of ether oxygens (including phenoxy) is 3. The number of hydrazine groups is 1. The molecule has 20 heteroatoms. The minimum Gasteiger partial charge on any atom is -0.469 e. The van der Waals surface area contributed by atoms with Crippen molar-refractivity contribution in [1.82, 2.24) is 40.1 Å². The smallest absolute Gasteiger partial charge is 0.408 e. The van der Waals surface area contributed by atoms with Gasteiger partial charge in [0.25, 0.3) is 0 Å². The fraction of sp³-hybridized carbons (Fsp3) is 0.686. The van der Waals surface area contributed by atoms with Gasteiger partial charge in [0, 0.05) is 68.8 Å². The summed E-state index contributed by atoms with van der Waals surface area (Å²) < 4.78 is 20.2. The molecule has 0 saturated carbocycles. The predicted molar refractivity (Wildman–Crippen MR) is 278 cm³/mol. The first-order valence-corrected chi connectivity index (χ1v) is 24.5. The van der Waals surface area contributed by atoms with E-state index in [9.17, 15) is 24.0 Å². The average molecular weight is 997 g/mol. The Kier molecular flexibility index (Phi) is 23.3. The van der Waals surface area contributed by atoms with Crippen molar-refractivity contribution in [3.63, 3.8) is 0 Å². The Balaban J connectivity index is 0.000000333. The van der Waals surface area contributed by atoms with E-state index in [-0.39, 0.29) is 40.3 Å². The first-order chi connectivity index (χ1) is 32.7. The van der Waals surface area contributed by atoms with Gasteiger partial charge in [-0.15, -0.1) is 0 Å². The summed E-state index contributed by atoms with van der Waals surface area (Å²) in [5.74, 6) is 4.62. The summed E-state index contributed by atoms with van der Waals surface area (Å²) in [6.45, 7) is 35.5. The first-order valence-electron chi connectivity index (χ1n) is 24.5. The average Bonchev–Trinajstić information content (AvgIpc) is 4.02. The van der Waals surface area contributed by atoms with Crippen molar-refractivity contribution < 1.29 is 38.2 Å². The highest BCUT2D eigenvalue weighted by molar-refractivity contribution is 5.88. The van der Waals surface area contributed by atoms with Gasteiger partial charge in [-0.3, -0.25) is 29.1 Å². The molecule has 4 atom stereocenters. The normalized spacial score (nSPS) is 18.2. The summed E-state index contributed by atoms with van der Waals surface area (Å²) in [5, 5.41) is 15.8. The number of nitrogens with two attached hydrogens (primary N) is 2. The van der Waals surface area contributed by atoms with E-state index in [1.54, 1.807) is 17.1 Å². The summed E-state index contributed by atoms with van der Waals surface area (Å²) in [5.41, 5.74) is 10.4. The molecule has 0 spiro atoms. The number of aromatic nitrogens is 6. The molecule has 4 unspecified atom stereocenters. The molecule has 0 radical (unpaired) electrons. The van der Waals surface area contributed by atoms with Crippen molar-refractivity contribution in [3.05, 3.63) is 49.3 Å². The number of hydrogen-bond donors (Lipinski definition) is 4. The molecule has 2 aliphatic rings. The predicted octanol–water partition coefficient (Wildman–Crippen LogP) is 7.08. The first kappa shape index (κ1) is 61.2. The highest BCUT2D eigenvalue weighted by Crippen LogP contribution is 2.30. The largest absolute Gasteiger partial charge is 0.469 e. The number of nitrogens with one attached hydrogen (secondary N) is 2. The van der Waals surface area contributed by atoms with Gasteiger partial charge in [0.15, 0.2) is 0 Å². The number of nitrogens with zero attached hydrogens (tertiary/aromatic N) is 8. The lowest BCUT2D eigenvalue weighted by Crippen LogP contribution is -2.48.